The zero-order valence-electron chi connectivity index (χ0n) is 14.6. The van der Waals surface area contributed by atoms with Crippen LogP contribution >= 0.6 is 0 Å². The van der Waals surface area contributed by atoms with E-state index in [2.05, 4.69) is 0 Å². The van der Waals surface area contributed by atoms with Crippen LogP contribution in [0.3, 0.4) is 0 Å². The third-order valence-corrected chi connectivity index (χ3v) is 4.77. The molecule has 0 aliphatic heterocycles. The Hall–Kier alpha value is -2.95. The minimum Gasteiger partial charge on any atom is -0.335 e. The first-order valence-corrected chi connectivity index (χ1v) is 8.88. The van der Waals surface area contributed by atoms with Crippen LogP contribution < -0.4 is 0 Å². The molecule has 0 heterocycles. The maximum atomic E-state index is 12.7. The number of nitro groups is 1. The monoisotopic (exact) mass is 350 g/mol. The van der Waals surface area contributed by atoms with E-state index in [1.54, 1.807) is 24.3 Å². The molecule has 0 atom stereocenters. The SMILES string of the molecule is O=C(/C=C/c1ccccc1[N+](=O)[O-])N(Cc1ccccc1)CC1CCC1. The Morgan fingerprint density at radius 2 is 1.81 bits per heavy atom. The average molecular weight is 350 g/mol. The van der Waals surface area contributed by atoms with E-state index in [1.165, 1.54) is 18.6 Å². The lowest BCUT2D eigenvalue weighted by molar-refractivity contribution is -0.385. The lowest BCUT2D eigenvalue weighted by Gasteiger charge is -2.32. The lowest BCUT2D eigenvalue weighted by Crippen LogP contribution is -2.36. The molecule has 0 unspecified atom stereocenters. The number of benzene rings is 2. The predicted molar refractivity (Wildman–Crippen MR) is 101 cm³/mol. The highest BCUT2D eigenvalue weighted by Gasteiger charge is 2.23. The molecular formula is C21H22N2O3. The van der Waals surface area contributed by atoms with Crippen molar-refractivity contribution in [1.29, 1.82) is 0 Å². The molecule has 1 saturated carbocycles. The van der Waals surface area contributed by atoms with Crippen molar-refractivity contribution in [2.24, 2.45) is 5.92 Å². The highest BCUT2D eigenvalue weighted by molar-refractivity contribution is 5.92. The van der Waals surface area contributed by atoms with E-state index in [0.29, 0.717) is 18.0 Å². The second kappa shape index (κ2) is 8.43. The number of para-hydroxylation sites is 1. The third kappa shape index (κ3) is 4.57. The van der Waals surface area contributed by atoms with Gasteiger partial charge in [0.1, 0.15) is 0 Å². The molecular weight excluding hydrogens is 328 g/mol. The van der Waals surface area contributed by atoms with Gasteiger partial charge in [-0.2, -0.15) is 0 Å². The number of amides is 1. The molecule has 0 bridgehead atoms. The minimum absolute atomic E-state index is 0.00477. The van der Waals surface area contributed by atoms with Crippen molar-refractivity contribution in [3.05, 3.63) is 81.9 Å². The van der Waals surface area contributed by atoms with Gasteiger partial charge in [-0.25, -0.2) is 0 Å². The van der Waals surface area contributed by atoms with Crippen LogP contribution in [0.5, 0.6) is 0 Å². The second-order valence-corrected chi connectivity index (χ2v) is 6.65. The van der Waals surface area contributed by atoms with Crippen molar-refractivity contribution in [2.45, 2.75) is 25.8 Å². The summed E-state index contributed by atoms with van der Waals surface area (Å²) in [5.74, 6) is 0.445. The van der Waals surface area contributed by atoms with Gasteiger partial charge in [0.05, 0.1) is 10.5 Å². The first-order valence-electron chi connectivity index (χ1n) is 8.88. The summed E-state index contributed by atoms with van der Waals surface area (Å²) in [6, 6.07) is 16.3. The number of carbonyl (C=O) groups is 1. The van der Waals surface area contributed by atoms with Gasteiger partial charge in [-0.05, 0) is 36.5 Å². The van der Waals surface area contributed by atoms with Gasteiger partial charge in [0.15, 0.2) is 0 Å². The van der Waals surface area contributed by atoms with Gasteiger partial charge >= 0.3 is 0 Å². The highest BCUT2D eigenvalue weighted by Crippen LogP contribution is 2.28. The molecule has 26 heavy (non-hydrogen) atoms. The van der Waals surface area contributed by atoms with Crippen molar-refractivity contribution >= 4 is 17.7 Å². The Balaban J connectivity index is 1.75. The largest absolute Gasteiger partial charge is 0.335 e. The van der Waals surface area contributed by atoms with Crippen LogP contribution in [0.25, 0.3) is 6.08 Å². The van der Waals surface area contributed by atoms with Gasteiger partial charge in [0.2, 0.25) is 5.91 Å². The van der Waals surface area contributed by atoms with E-state index >= 15 is 0 Å². The quantitative estimate of drug-likeness (QED) is 0.421. The van der Waals surface area contributed by atoms with Crippen molar-refractivity contribution in [3.8, 4) is 0 Å². The minimum atomic E-state index is -0.430. The number of carbonyl (C=O) groups excluding carboxylic acids is 1. The molecule has 3 rings (SSSR count). The summed E-state index contributed by atoms with van der Waals surface area (Å²) in [7, 11) is 0. The maximum absolute atomic E-state index is 12.7. The third-order valence-electron chi connectivity index (χ3n) is 4.77. The van der Waals surface area contributed by atoms with Crippen LogP contribution in [0.2, 0.25) is 0 Å². The summed E-state index contributed by atoms with van der Waals surface area (Å²) >= 11 is 0. The summed E-state index contributed by atoms with van der Waals surface area (Å²) in [6.07, 6.45) is 6.53. The van der Waals surface area contributed by atoms with Gasteiger partial charge in [-0.1, -0.05) is 48.9 Å². The second-order valence-electron chi connectivity index (χ2n) is 6.65. The number of nitrogens with zero attached hydrogens (tertiary/aromatic N) is 2. The molecule has 0 aromatic heterocycles. The summed E-state index contributed by atoms with van der Waals surface area (Å²) in [4.78, 5) is 25.3. The number of nitro benzene ring substituents is 1. The van der Waals surface area contributed by atoms with E-state index in [9.17, 15) is 14.9 Å². The molecule has 1 aliphatic carbocycles. The molecule has 1 amide bonds. The Kier molecular flexibility index (Phi) is 5.79. The van der Waals surface area contributed by atoms with Gasteiger partial charge in [0.25, 0.3) is 5.69 Å². The summed E-state index contributed by atoms with van der Waals surface area (Å²) in [5, 5.41) is 11.1. The zero-order valence-corrected chi connectivity index (χ0v) is 14.6. The van der Waals surface area contributed by atoms with Gasteiger partial charge < -0.3 is 4.90 Å². The number of hydrogen-bond acceptors (Lipinski definition) is 3. The van der Waals surface area contributed by atoms with Crippen LogP contribution in [0.1, 0.15) is 30.4 Å². The van der Waals surface area contributed by atoms with Crippen LogP contribution in [-0.2, 0) is 11.3 Å². The van der Waals surface area contributed by atoms with Crippen molar-refractivity contribution in [2.75, 3.05) is 6.54 Å². The maximum Gasteiger partial charge on any atom is 0.276 e. The Morgan fingerprint density at radius 1 is 1.12 bits per heavy atom. The summed E-state index contributed by atoms with van der Waals surface area (Å²) < 4.78 is 0. The molecule has 1 fully saturated rings. The Morgan fingerprint density at radius 3 is 2.46 bits per heavy atom. The zero-order chi connectivity index (χ0) is 18.4. The van der Waals surface area contributed by atoms with Crippen LogP contribution in [0.15, 0.2) is 60.7 Å². The van der Waals surface area contributed by atoms with Crippen molar-refractivity contribution in [3.63, 3.8) is 0 Å². The predicted octanol–water partition coefficient (Wildman–Crippen LogP) is 4.44. The summed E-state index contributed by atoms with van der Waals surface area (Å²) in [5.41, 5.74) is 1.53. The van der Waals surface area contributed by atoms with Crippen LogP contribution in [0, 0.1) is 16.0 Å². The number of hydrogen-bond donors (Lipinski definition) is 0. The standard InChI is InChI=1S/C21H22N2O3/c24-21(14-13-19-11-4-5-12-20(19)23(25)26)22(16-18-9-6-10-18)15-17-7-2-1-3-8-17/h1-5,7-8,11-14,18H,6,9-10,15-16H2/b14-13+. The first kappa shape index (κ1) is 17.9. The normalized spacial score (nSPS) is 14.2. The van der Waals surface area contributed by atoms with Crippen LogP contribution in [0.4, 0.5) is 5.69 Å². The fraction of sp³-hybridized carbons (Fsp3) is 0.286. The van der Waals surface area contributed by atoms with Crippen LogP contribution in [-0.4, -0.2) is 22.3 Å². The molecule has 134 valence electrons. The van der Waals surface area contributed by atoms with Gasteiger partial charge in [-0.15, -0.1) is 0 Å². The lowest BCUT2D eigenvalue weighted by atomic mass is 9.85. The average Bonchev–Trinajstić information content (AvgIpc) is 2.62. The van der Waals surface area contributed by atoms with E-state index in [0.717, 1.165) is 24.9 Å². The van der Waals surface area contributed by atoms with E-state index < -0.39 is 4.92 Å². The first-order chi connectivity index (χ1) is 12.6. The number of rotatable bonds is 7. The van der Waals surface area contributed by atoms with E-state index in [1.807, 2.05) is 35.2 Å². The van der Waals surface area contributed by atoms with Gasteiger partial charge in [-0.3, -0.25) is 14.9 Å². The molecule has 0 saturated heterocycles. The topological polar surface area (TPSA) is 63.4 Å². The molecule has 1 aliphatic rings. The smallest absolute Gasteiger partial charge is 0.276 e. The molecule has 0 N–H and O–H groups in total. The van der Waals surface area contributed by atoms with Crippen molar-refractivity contribution < 1.29 is 9.72 Å². The Labute approximate surface area is 153 Å². The molecule has 0 radical (unpaired) electrons. The molecule has 5 heteroatoms. The molecule has 2 aromatic rings. The fourth-order valence-corrected chi connectivity index (χ4v) is 3.08. The Bertz CT molecular complexity index is 798. The molecule has 2 aromatic carbocycles. The van der Waals surface area contributed by atoms with Gasteiger partial charge in [0, 0.05) is 25.2 Å². The van der Waals surface area contributed by atoms with E-state index in [-0.39, 0.29) is 11.6 Å². The van der Waals surface area contributed by atoms with Crippen molar-refractivity contribution in [1.82, 2.24) is 4.90 Å². The molecule has 0 spiro atoms. The van der Waals surface area contributed by atoms with E-state index in [4.69, 9.17) is 0 Å². The highest BCUT2D eigenvalue weighted by atomic mass is 16.6. The molecule has 5 nitrogen and oxygen atoms in total. The fourth-order valence-electron chi connectivity index (χ4n) is 3.08. The summed E-state index contributed by atoms with van der Waals surface area (Å²) in [6.45, 7) is 1.28.